The molecule has 0 aliphatic carbocycles. The Morgan fingerprint density at radius 3 is 2.50 bits per heavy atom. The van der Waals surface area contributed by atoms with E-state index in [2.05, 4.69) is 23.1 Å². The largest absolute Gasteiger partial charge is 0.384 e. The summed E-state index contributed by atoms with van der Waals surface area (Å²) < 4.78 is 0. The molecule has 1 aromatic carbocycles. The summed E-state index contributed by atoms with van der Waals surface area (Å²) in [5.41, 5.74) is 2.42. The standard InChI is InChI=1S/C16H24N2O2/c1-13-4-5-14(2)15(10-13)16(3,20)11-17-6-8-18(12-19)9-7-17/h4-5,10,12,20H,6-9,11H2,1-3H3. The zero-order valence-electron chi connectivity index (χ0n) is 12.6. The Bertz CT molecular complexity index is 477. The smallest absolute Gasteiger partial charge is 0.209 e. The maximum absolute atomic E-state index is 10.8. The molecule has 1 atom stereocenters. The lowest BCUT2D eigenvalue weighted by molar-refractivity contribution is -0.120. The SMILES string of the molecule is Cc1ccc(C)c(C(C)(O)CN2CCN(C=O)CC2)c1. The van der Waals surface area contributed by atoms with E-state index in [0.717, 1.165) is 49.3 Å². The highest BCUT2D eigenvalue weighted by Crippen LogP contribution is 2.26. The number of β-amino-alcohol motifs (C(OH)–C–C–N with tert-alkyl or cyclic N) is 1. The van der Waals surface area contributed by atoms with Crippen LogP contribution in [-0.2, 0) is 10.4 Å². The minimum absolute atomic E-state index is 0.601. The van der Waals surface area contributed by atoms with Crippen LogP contribution in [0.15, 0.2) is 18.2 Å². The molecular weight excluding hydrogens is 252 g/mol. The number of hydrogen-bond acceptors (Lipinski definition) is 3. The van der Waals surface area contributed by atoms with Crippen LogP contribution in [0.4, 0.5) is 0 Å². The lowest BCUT2D eigenvalue weighted by atomic mass is 9.90. The van der Waals surface area contributed by atoms with Gasteiger partial charge in [0, 0.05) is 32.7 Å². The first-order valence-electron chi connectivity index (χ1n) is 7.14. The van der Waals surface area contributed by atoms with Gasteiger partial charge in [-0.1, -0.05) is 23.8 Å². The second-order valence-electron chi connectivity index (χ2n) is 6.01. The van der Waals surface area contributed by atoms with E-state index in [0.29, 0.717) is 6.54 Å². The summed E-state index contributed by atoms with van der Waals surface area (Å²) in [6.45, 7) is 9.68. The molecule has 4 heteroatoms. The van der Waals surface area contributed by atoms with Crippen molar-refractivity contribution in [2.45, 2.75) is 26.4 Å². The van der Waals surface area contributed by atoms with Gasteiger partial charge in [0.05, 0.1) is 5.60 Å². The summed E-state index contributed by atoms with van der Waals surface area (Å²) in [6.07, 6.45) is 0.903. The maximum Gasteiger partial charge on any atom is 0.209 e. The fraction of sp³-hybridized carbons (Fsp3) is 0.562. The fourth-order valence-electron chi connectivity index (χ4n) is 2.86. The molecule has 0 radical (unpaired) electrons. The number of hydrogen-bond donors (Lipinski definition) is 1. The number of carbonyl (C=O) groups is 1. The average molecular weight is 276 g/mol. The second kappa shape index (κ2) is 5.94. The van der Waals surface area contributed by atoms with Gasteiger partial charge in [-0.05, 0) is 31.9 Å². The van der Waals surface area contributed by atoms with Gasteiger partial charge >= 0.3 is 0 Å². The number of aliphatic hydroxyl groups is 1. The van der Waals surface area contributed by atoms with Crippen LogP contribution >= 0.6 is 0 Å². The maximum atomic E-state index is 10.8. The minimum atomic E-state index is -0.862. The molecule has 0 saturated carbocycles. The zero-order chi connectivity index (χ0) is 14.8. The molecule has 1 saturated heterocycles. The number of rotatable bonds is 4. The van der Waals surface area contributed by atoms with Crippen LogP contribution < -0.4 is 0 Å². The third-order valence-electron chi connectivity index (χ3n) is 4.06. The Balaban J connectivity index is 2.07. The molecule has 1 aliphatic heterocycles. The van der Waals surface area contributed by atoms with Gasteiger partial charge in [0.2, 0.25) is 6.41 Å². The van der Waals surface area contributed by atoms with Crippen LogP contribution in [0, 0.1) is 13.8 Å². The van der Waals surface area contributed by atoms with Crippen molar-refractivity contribution in [1.29, 1.82) is 0 Å². The minimum Gasteiger partial charge on any atom is -0.384 e. The molecule has 4 nitrogen and oxygen atoms in total. The Morgan fingerprint density at radius 2 is 1.90 bits per heavy atom. The highest BCUT2D eigenvalue weighted by atomic mass is 16.3. The number of aryl methyl sites for hydroxylation is 2. The summed E-state index contributed by atoms with van der Waals surface area (Å²) in [5.74, 6) is 0. The monoisotopic (exact) mass is 276 g/mol. The first-order valence-corrected chi connectivity index (χ1v) is 7.14. The molecule has 1 aromatic rings. The van der Waals surface area contributed by atoms with Crippen molar-refractivity contribution >= 4 is 6.41 Å². The van der Waals surface area contributed by atoms with Gasteiger partial charge in [0.15, 0.2) is 0 Å². The van der Waals surface area contributed by atoms with Gasteiger partial charge in [-0.2, -0.15) is 0 Å². The molecule has 1 unspecified atom stereocenters. The molecule has 1 aliphatic rings. The van der Waals surface area contributed by atoms with Crippen molar-refractivity contribution in [2.75, 3.05) is 32.7 Å². The highest BCUT2D eigenvalue weighted by molar-refractivity contribution is 5.47. The van der Waals surface area contributed by atoms with E-state index in [4.69, 9.17) is 0 Å². The highest BCUT2D eigenvalue weighted by Gasteiger charge is 2.29. The number of piperazine rings is 1. The van der Waals surface area contributed by atoms with Gasteiger partial charge in [0.1, 0.15) is 0 Å². The predicted octanol–water partition coefficient (Wildman–Crippen LogP) is 1.28. The van der Waals surface area contributed by atoms with Crippen molar-refractivity contribution in [1.82, 2.24) is 9.80 Å². The Kier molecular flexibility index (Phi) is 4.45. The number of amides is 1. The lowest BCUT2D eigenvalue weighted by Gasteiger charge is -2.37. The van der Waals surface area contributed by atoms with Crippen LogP contribution in [-0.4, -0.2) is 54.0 Å². The molecule has 1 N–H and O–H groups in total. The van der Waals surface area contributed by atoms with Crippen molar-refractivity contribution < 1.29 is 9.90 Å². The van der Waals surface area contributed by atoms with Crippen LogP contribution in [0.5, 0.6) is 0 Å². The molecule has 110 valence electrons. The van der Waals surface area contributed by atoms with E-state index >= 15 is 0 Å². The first-order chi connectivity index (χ1) is 9.42. The first kappa shape index (κ1) is 15.0. The lowest BCUT2D eigenvalue weighted by Crippen LogP contribution is -2.50. The second-order valence-corrected chi connectivity index (χ2v) is 6.01. The summed E-state index contributed by atoms with van der Waals surface area (Å²) in [7, 11) is 0. The van der Waals surface area contributed by atoms with Crippen LogP contribution in [0.3, 0.4) is 0 Å². The van der Waals surface area contributed by atoms with E-state index in [9.17, 15) is 9.90 Å². The molecule has 20 heavy (non-hydrogen) atoms. The molecule has 0 spiro atoms. The zero-order valence-corrected chi connectivity index (χ0v) is 12.6. The molecule has 0 aromatic heterocycles. The number of nitrogens with zero attached hydrogens (tertiary/aromatic N) is 2. The summed E-state index contributed by atoms with van der Waals surface area (Å²) in [5, 5.41) is 10.8. The number of benzene rings is 1. The Labute approximate surface area is 121 Å². The molecule has 2 rings (SSSR count). The van der Waals surface area contributed by atoms with Gasteiger partial charge in [-0.3, -0.25) is 9.69 Å². The van der Waals surface area contributed by atoms with E-state index in [1.54, 1.807) is 4.90 Å². The van der Waals surface area contributed by atoms with Crippen molar-refractivity contribution in [3.63, 3.8) is 0 Å². The third kappa shape index (κ3) is 3.38. The van der Waals surface area contributed by atoms with Crippen LogP contribution in [0.1, 0.15) is 23.6 Å². The van der Waals surface area contributed by atoms with Gasteiger partial charge < -0.3 is 10.0 Å². The quantitative estimate of drug-likeness (QED) is 0.843. The van der Waals surface area contributed by atoms with Crippen molar-refractivity contribution in [3.8, 4) is 0 Å². The van der Waals surface area contributed by atoms with E-state index in [1.807, 2.05) is 20.8 Å². The predicted molar refractivity (Wildman–Crippen MR) is 79.6 cm³/mol. The summed E-state index contributed by atoms with van der Waals surface area (Å²) >= 11 is 0. The van der Waals surface area contributed by atoms with E-state index in [1.165, 1.54) is 0 Å². The third-order valence-corrected chi connectivity index (χ3v) is 4.06. The van der Waals surface area contributed by atoms with Crippen LogP contribution in [0.25, 0.3) is 0 Å². The fourth-order valence-corrected chi connectivity index (χ4v) is 2.86. The van der Waals surface area contributed by atoms with Gasteiger partial charge in [-0.15, -0.1) is 0 Å². The van der Waals surface area contributed by atoms with E-state index < -0.39 is 5.60 Å². The topological polar surface area (TPSA) is 43.8 Å². The summed E-state index contributed by atoms with van der Waals surface area (Å²) in [6, 6.07) is 6.19. The van der Waals surface area contributed by atoms with Crippen LogP contribution in [0.2, 0.25) is 0 Å². The van der Waals surface area contributed by atoms with Gasteiger partial charge in [0.25, 0.3) is 0 Å². The molecule has 1 amide bonds. The van der Waals surface area contributed by atoms with E-state index in [-0.39, 0.29) is 0 Å². The van der Waals surface area contributed by atoms with Crippen molar-refractivity contribution in [2.24, 2.45) is 0 Å². The number of carbonyl (C=O) groups excluding carboxylic acids is 1. The Hall–Kier alpha value is -1.39. The normalized spacial score (nSPS) is 19.7. The molecule has 1 heterocycles. The molecular formula is C16H24N2O2. The molecule has 1 fully saturated rings. The molecule has 0 bridgehead atoms. The van der Waals surface area contributed by atoms with Crippen molar-refractivity contribution in [3.05, 3.63) is 34.9 Å². The average Bonchev–Trinajstić information content (AvgIpc) is 2.42. The van der Waals surface area contributed by atoms with Gasteiger partial charge in [-0.25, -0.2) is 0 Å². The Morgan fingerprint density at radius 1 is 1.25 bits per heavy atom. The summed E-state index contributed by atoms with van der Waals surface area (Å²) in [4.78, 5) is 14.7.